The third-order valence-electron chi connectivity index (χ3n) is 3.93. The van der Waals surface area contributed by atoms with Crippen molar-refractivity contribution in [1.82, 2.24) is 44.9 Å². The molecule has 0 fully saturated rings. The van der Waals surface area contributed by atoms with Gasteiger partial charge in [-0.2, -0.15) is 0 Å². The summed E-state index contributed by atoms with van der Waals surface area (Å²) in [5.74, 6) is -4.18. The van der Waals surface area contributed by atoms with Crippen LogP contribution in [0, 0.1) is 0 Å². The van der Waals surface area contributed by atoms with E-state index in [0.29, 0.717) is 0 Å². The maximum Gasteiger partial charge on any atom is 0.338 e. The molecule has 15 heteroatoms. The summed E-state index contributed by atoms with van der Waals surface area (Å²) < 4.78 is 0. The second kappa shape index (κ2) is 8.42. The van der Waals surface area contributed by atoms with Crippen LogP contribution in [0.15, 0.2) is 37.2 Å². The van der Waals surface area contributed by atoms with Crippen LogP contribution in [-0.2, 0) is 0 Å². The Hall–Kier alpha value is -5.34. The monoisotopic (exact) mass is 447 g/mol. The number of carboxylic acid groups (broad SMARTS) is 3. The van der Waals surface area contributed by atoms with E-state index in [1.165, 1.54) is 0 Å². The Morgan fingerprint density at radius 1 is 0.424 bits per heavy atom. The molecule has 0 spiro atoms. The lowest BCUT2D eigenvalue weighted by atomic mass is 10.3. The van der Waals surface area contributed by atoms with Gasteiger partial charge in [0.05, 0.1) is 16.7 Å². The molecule has 4 rings (SSSR count). The van der Waals surface area contributed by atoms with Gasteiger partial charge in [-0.25, -0.2) is 59.2 Å². The highest BCUT2D eigenvalue weighted by Gasteiger charge is 2.18. The zero-order valence-electron chi connectivity index (χ0n) is 16.1. The first-order valence-corrected chi connectivity index (χ1v) is 8.75. The molecule has 33 heavy (non-hydrogen) atoms. The molecule has 0 bridgehead atoms. The molecule has 0 unspecified atom stereocenters. The fourth-order valence-corrected chi connectivity index (χ4v) is 2.34. The molecule has 0 aromatic carbocycles. The van der Waals surface area contributed by atoms with Crippen molar-refractivity contribution in [2.24, 2.45) is 0 Å². The molecule has 15 nitrogen and oxygen atoms in total. The topological polar surface area (TPSA) is 228 Å². The molecule has 4 aromatic heterocycles. The van der Waals surface area contributed by atoms with Crippen molar-refractivity contribution in [3.05, 3.63) is 53.9 Å². The quantitative estimate of drug-likeness (QED) is 0.362. The summed E-state index contributed by atoms with van der Waals surface area (Å²) in [7, 11) is 0. The van der Waals surface area contributed by atoms with Gasteiger partial charge in [-0.15, -0.1) is 0 Å². The van der Waals surface area contributed by atoms with Gasteiger partial charge in [0.25, 0.3) is 0 Å². The number of hydrogen-bond donors (Lipinski definition) is 3. The van der Waals surface area contributed by atoms with E-state index in [2.05, 4.69) is 44.9 Å². The first-order valence-electron chi connectivity index (χ1n) is 8.75. The molecule has 4 aromatic rings. The first-order chi connectivity index (χ1) is 15.8. The summed E-state index contributed by atoms with van der Waals surface area (Å²) in [6, 6.07) is 0. The summed E-state index contributed by atoms with van der Waals surface area (Å²) >= 11 is 0. The van der Waals surface area contributed by atoms with Crippen LogP contribution >= 0.6 is 0 Å². The normalized spacial score (nSPS) is 10.5. The Labute approximate surface area is 182 Å². The third kappa shape index (κ3) is 4.41. The Morgan fingerprint density at radius 3 is 0.818 bits per heavy atom. The average Bonchev–Trinajstić information content (AvgIpc) is 2.84. The smallest absolute Gasteiger partial charge is 0.338 e. The van der Waals surface area contributed by atoms with Crippen molar-refractivity contribution in [1.29, 1.82) is 0 Å². The molecule has 0 aliphatic heterocycles. The Morgan fingerprint density at radius 2 is 0.636 bits per heavy atom. The fraction of sp³-hybridized carbons (Fsp3) is 0. The van der Waals surface area contributed by atoms with Gasteiger partial charge >= 0.3 is 17.9 Å². The molecule has 162 valence electrons. The minimum absolute atomic E-state index is 0.0609. The van der Waals surface area contributed by atoms with Gasteiger partial charge in [-0.1, -0.05) is 0 Å². The number of carboxylic acids is 3. The van der Waals surface area contributed by atoms with Gasteiger partial charge in [0.1, 0.15) is 0 Å². The molecule has 0 amide bonds. The van der Waals surface area contributed by atoms with Gasteiger partial charge in [0.15, 0.2) is 17.5 Å². The van der Waals surface area contributed by atoms with Crippen molar-refractivity contribution in [2.45, 2.75) is 0 Å². The first kappa shape index (κ1) is 20.9. The fourth-order valence-electron chi connectivity index (χ4n) is 2.34. The molecule has 0 saturated heterocycles. The molecule has 0 radical (unpaired) electrons. The number of rotatable bonds is 6. The van der Waals surface area contributed by atoms with E-state index in [9.17, 15) is 14.4 Å². The van der Waals surface area contributed by atoms with Crippen LogP contribution in [0.25, 0.3) is 34.9 Å². The van der Waals surface area contributed by atoms with Crippen molar-refractivity contribution < 1.29 is 29.7 Å². The van der Waals surface area contributed by atoms with Crippen LogP contribution in [0.5, 0.6) is 0 Å². The SMILES string of the molecule is O=C(O)c1cnc(-c2nc(-c3ncc(C(=O)O)cn3)nc(-c3ncc(C(=O)O)cn3)n2)nc1. The predicted molar refractivity (Wildman–Crippen MR) is 104 cm³/mol. The van der Waals surface area contributed by atoms with Crippen LogP contribution in [0.4, 0.5) is 0 Å². The summed E-state index contributed by atoms with van der Waals surface area (Å²) in [6.45, 7) is 0. The second-order valence-electron chi connectivity index (χ2n) is 6.11. The molecule has 3 N–H and O–H groups in total. The molecular weight excluding hydrogens is 438 g/mol. The number of hydrogen-bond acceptors (Lipinski definition) is 12. The zero-order chi connectivity index (χ0) is 23.5. The lowest BCUT2D eigenvalue weighted by Gasteiger charge is -2.06. The lowest BCUT2D eigenvalue weighted by Crippen LogP contribution is -2.08. The minimum atomic E-state index is -1.22. The Balaban J connectivity index is 1.84. The van der Waals surface area contributed by atoms with E-state index < -0.39 is 17.9 Å². The average molecular weight is 447 g/mol. The number of nitrogens with zero attached hydrogens (tertiary/aromatic N) is 9. The standard InChI is InChI=1S/C18H9N9O6/c28-16(29)7-1-19-10(20-2-7)13-25-14(11-21-3-8(4-22-11)17(30)31)27-15(26-13)12-23-5-9(6-24-12)18(32)33/h1-6H,(H,28,29)(H,30,31)(H,32,33). The van der Waals surface area contributed by atoms with Crippen LogP contribution in [0.1, 0.15) is 31.1 Å². The number of aromatic nitrogens is 9. The maximum absolute atomic E-state index is 11.0. The van der Waals surface area contributed by atoms with Gasteiger partial charge in [0, 0.05) is 37.2 Å². The van der Waals surface area contributed by atoms with E-state index in [-0.39, 0.29) is 51.6 Å². The van der Waals surface area contributed by atoms with E-state index >= 15 is 0 Å². The highest BCUT2D eigenvalue weighted by Crippen LogP contribution is 2.19. The van der Waals surface area contributed by atoms with Gasteiger partial charge in [-0.3, -0.25) is 0 Å². The van der Waals surface area contributed by atoms with Crippen LogP contribution < -0.4 is 0 Å². The van der Waals surface area contributed by atoms with E-state index in [0.717, 1.165) is 37.2 Å². The summed E-state index contributed by atoms with van der Waals surface area (Å²) in [4.78, 5) is 69.2. The van der Waals surface area contributed by atoms with Crippen molar-refractivity contribution >= 4 is 17.9 Å². The molecule has 0 saturated carbocycles. The van der Waals surface area contributed by atoms with Gasteiger partial charge in [-0.05, 0) is 0 Å². The molecule has 4 heterocycles. The maximum atomic E-state index is 11.0. The zero-order valence-corrected chi connectivity index (χ0v) is 16.1. The highest BCUT2D eigenvalue weighted by atomic mass is 16.4. The molecule has 0 atom stereocenters. The van der Waals surface area contributed by atoms with Crippen LogP contribution in [0.2, 0.25) is 0 Å². The minimum Gasteiger partial charge on any atom is -0.478 e. The van der Waals surface area contributed by atoms with E-state index in [1.54, 1.807) is 0 Å². The number of carbonyl (C=O) groups is 3. The Kier molecular flexibility index (Phi) is 5.34. The highest BCUT2D eigenvalue weighted by molar-refractivity contribution is 5.87. The van der Waals surface area contributed by atoms with Crippen molar-refractivity contribution in [3.8, 4) is 34.9 Å². The second-order valence-corrected chi connectivity index (χ2v) is 6.11. The largest absolute Gasteiger partial charge is 0.478 e. The predicted octanol–water partition coefficient (Wildman–Crippen LogP) is 0.337. The molecular formula is C18H9N9O6. The Bertz CT molecular complexity index is 1190. The van der Waals surface area contributed by atoms with Crippen molar-refractivity contribution in [3.63, 3.8) is 0 Å². The summed E-state index contributed by atoms with van der Waals surface area (Å²) in [6.07, 6.45) is 6.36. The summed E-state index contributed by atoms with van der Waals surface area (Å²) in [5.41, 5.74) is -0.477. The van der Waals surface area contributed by atoms with Crippen LogP contribution in [0.3, 0.4) is 0 Å². The van der Waals surface area contributed by atoms with Crippen LogP contribution in [-0.4, -0.2) is 78.1 Å². The lowest BCUT2D eigenvalue weighted by molar-refractivity contribution is 0.0685. The van der Waals surface area contributed by atoms with E-state index in [4.69, 9.17) is 15.3 Å². The summed E-state index contributed by atoms with van der Waals surface area (Å²) in [5, 5.41) is 27.1. The number of aromatic carboxylic acids is 3. The van der Waals surface area contributed by atoms with Crippen molar-refractivity contribution in [2.75, 3.05) is 0 Å². The van der Waals surface area contributed by atoms with E-state index in [1.807, 2.05) is 0 Å². The molecule has 0 aliphatic rings. The van der Waals surface area contributed by atoms with Gasteiger partial charge < -0.3 is 15.3 Å². The van der Waals surface area contributed by atoms with Gasteiger partial charge in [0.2, 0.25) is 17.5 Å². The molecule has 0 aliphatic carbocycles. The third-order valence-corrected chi connectivity index (χ3v) is 3.93.